The average molecular weight is 208 g/mol. The Bertz CT molecular complexity index is 171. The third kappa shape index (κ3) is 2.22. The summed E-state index contributed by atoms with van der Waals surface area (Å²) in [6.07, 6.45) is -5.89. The minimum absolute atomic E-state index is 0.308. The second-order valence-electron chi connectivity index (χ2n) is 3.15. The fourth-order valence-corrected chi connectivity index (χ4v) is 1.37. The van der Waals surface area contributed by atoms with Gasteiger partial charge in [-0.25, -0.2) is 0 Å². The third-order valence-corrected chi connectivity index (χ3v) is 2.18. The van der Waals surface area contributed by atoms with E-state index in [2.05, 4.69) is 0 Å². The highest BCUT2D eigenvalue weighted by atomic mass is 16.7. The monoisotopic (exact) mass is 208 g/mol. The highest BCUT2D eigenvalue weighted by Crippen LogP contribution is 2.21. The molecule has 1 aliphatic rings. The van der Waals surface area contributed by atoms with Crippen molar-refractivity contribution in [1.82, 2.24) is 0 Å². The van der Waals surface area contributed by atoms with E-state index in [1.165, 1.54) is 0 Å². The lowest BCUT2D eigenvalue weighted by Gasteiger charge is -2.39. The predicted molar refractivity (Wildman–Crippen MR) is 45.4 cm³/mol. The summed E-state index contributed by atoms with van der Waals surface area (Å²) in [6, 6.07) is 0. The molecule has 1 saturated heterocycles. The summed E-state index contributed by atoms with van der Waals surface area (Å²) >= 11 is 0. The summed E-state index contributed by atoms with van der Waals surface area (Å²) in [4.78, 5) is 0. The summed E-state index contributed by atoms with van der Waals surface area (Å²) in [5.74, 6) is 0. The number of aliphatic hydroxyl groups is 4. The van der Waals surface area contributed by atoms with Gasteiger partial charge in [0.1, 0.15) is 24.4 Å². The Morgan fingerprint density at radius 1 is 1.14 bits per heavy atom. The van der Waals surface area contributed by atoms with E-state index in [4.69, 9.17) is 14.6 Å². The van der Waals surface area contributed by atoms with E-state index in [0.29, 0.717) is 6.61 Å². The number of ether oxygens (including phenoxy) is 2. The van der Waals surface area contributed by atoms with Crippen LogP contribution >= 0.6 is 0 Å². The van der Waals surface area contributed by atoms with E-state index in [1.807, 2.05) is 0 Å². The van der Waals surface area contributed by atoms with Gasteiger partial charge in [-0.05, 0) is 6.92 Å². The van der Waals surface area contributed by atoms with Crippen molar-refractivity contribution in [3.05, 3.63) is 0 Å². The SMILES string of the molecule is CCO[C@H]1OC(CO)[C@H](O)[C@@H](O)C1O. The molecule has 6 heteroatoms. The Labute approximate surface area is 81.7 Å². The molecule has 1 fully saturated rings. The molecule has 14 heavy (non-hydrogen) atoms. The van der Waals surface area contributed by atoms with Crippen molar-refractivity contribution >= 4 is 0 Å². The number of aliphatic hydroxyl groups excluding tert-OH is 4. The van der Waals surface area contributed by atoms with Gasteiger partial charge < -0.3 is 29.9 Å². The lowest BCUT2D eigenvalue weighted by molar-refractivity contribution is -0.300. The lowest BCUT2D eigenvalue weighted by atomic mass is 9.99. The molecule has 0 aromatic carbocycles. The maximum absolute atomic E-state index is 9.41. The topological polar surface area (TPSA) is 99.4 Å². The van der Waals surface area contributed by atoms with Crippen LogP contribution in [0.15, 0.2) is 0 Å². The lowest BCUT2D eigenvalue weighted by Crippen LogP contribution is -2.59. The maximum atomic E-state index is 9.41. The van der Waals surface area contributed by atoms with Gasteiger partial charge in [-0.3, -0.25) is 0 Å². The molecule has 84 valence electrons. The first kappa shape index (κ1) is 11.8. The van der Waals surface area contributed by atoms with Crippen LogP contribution in [0.5, 0.6) is 0 Å². The highest BCUT2D eigenvalue weighted by Gasteiger charge is 2.43. The van der Waals surface area contributed by atoms with Crippen molar-refractivity contribution in [3.63, 3.8) is 0 Å². The molecular weight excluding hydrogens is 192 g/mol. The second-order valence-corrected chi connectivity index (χ2v) is 3.15. The van der Waals surface area contributed by atoms with Gasteiger partial charge in [0.2, 0.25) is 0 Å². The van der Waals surface area contributed by atoms with Gasteiger partial charge in [0.15, 0.2) is 6.29 Å². The molecule has 1 rings (SSSR count). The number of hydrogen-bond donors (Lipinski definition) is 4. The van der Waals surface area contributed by atoms with Gasteiger partial charge in [0.05, 0.1) is 6.61 Å². The molecule has 0 spiro atoms. The van der Waals surface area contributed by atoms with Crippen LogP contribution in [0.4, 0.5) is 0 Å². The molecule has 6 nitrogen and oxygen atoms in total. The van der Waals surface area contributed by atoms with E-state index < -0.39 is 37.3 Å². The molecule has 0 radical (unpaired) electrons. The fraction of sp³-hybridized carbons (Fsp3) is 1.00. The zero-order valence-corrected chi connectivity index (χ0v) is 7.91. The van der Waals surface area contributed by atoms with Crippen molar-refractivity contribution in [2.24, 2.45) is 0 Å². The first-order valence-corrected chi connectivity index (χ1v) is 4.54. The van der Waals surface area contributed by atoms with Gasteiger partial charge in [-0.15, -0.1) is 0 Å². The molecule has 5 atom stereocenters. The fourth-order valence-electron chi connectivity index (χ4n) is 1.37. The van der Waals surface area contributed by atoms with Crippen LogP contribution in [-0.2, 0) is 9.47 Å². The predicted octanol–water partition coefficient (Wildman–Crippen LogP) is -2.18. The van der Waals surface area contributed by atoms with Gasteiger partial charge in [-0.1, -0.05) is 0 Å². The zero-order valence-electron chi connectivity index (χ0n) is 7.91. The Balaban J connectivity index is 2.63. The Hall–Kier alpha value is -0.240. The van der Waals surface area contributed by atoms with Crippen molar-refractivity contribution in [2.45, 2.75) is 37.6 Å². The standard InChI is InChI=1S/C8H16O6/c1-2-13-8-7(12)6(11)5(10)4(3-9)14-8/h4-12H,2-3H2,1H3/t4?,5-,6+,7?,8-/m0/s1. The summed E-state index contributed by atoms with van der Waals surface area (Å²) in [7, 11) is 0. The molecule has 0 saturated carbocycles. The van der Waals surface area contributed by atoms with E-state index in [1.54, 1.807) is 6.92 Å². The van der Waals surface area contributed by atoms with Crippen LogP contribution in [0.3, 0.4) is 0 Å². The Kier molecular flexibility index (Phi) is 4.24. The molecule has 0 aromatic rings. The molecule has 0 amide bonds. The van der Waals surface area contributed by atoms with Gasteiger partial charge >= 0.3 is 0 Å². The van der Waals surface area contributed by atoms with Gasteiger partial charge in [0, 0.05) is 6.61 Å². The van der Waals surface area contributed by atoms with Crippen LogP contribution in [-0.4, -0.2) is 64.3 Å². The van der Waals surface area contributed by atoms with Gasteiger partial charge in [-0.2, -0.15) is 0 Å². The molecule has 0 aliphatic carbocycles. The smallest absolute Gasteiger partial charge is 0.186 e. The summed E-state index contributed by atoms with van der Waals surface area (Å²) in [6.45, 7) is 1.58. The van der Waals surface area contributed by atoms with E-state index in [9.17, 15) is 15.3 Å². The summed E-state index contributed by atoms with van der Waals surface area (Å²) in [5.41, 5.74) is 0. The quantitative estimate of drug-likeness (QED) is 0.421. The van der Waals surface area contributed by atoms with Gasteiger partial charge in [0.25, 0.3) is 0 Å². The minimum atomic E-state index is -1.36. The summed E-state index contributed by atoms with van der Waals surface area (Å²) in [5, 5.41) is 36.9. The zero-order chi connectivity index (χ0) is 10.7. The Morgan fingerprint density at radius 3 is 2.29 bits per heavy atom. The normalized spacial score (nSPS) is 43.9. The van der Waals surface area contributed by atoms with Crippen LogP contribution in [0.25, 0.3) is 0 Å². The van der Waals surface area contributed by atoms with Crippen LogP contribution in [0.1, 0.15) is 6.92 Å². The first-order chi connectivity index (χ1) is 6.61. The van der Waals surface area contributed by atoms with Crippen molar-refractivity contribution in [1.29, 1.82) is 0 Å². The molecule has 0 aromatic heterocycles. The van der Waals surface area contributed by atoms with E-state index in [0.717, 1.165) is 0 Å². The van der Waals surface area contributed by atoms with Crippen molar-refractivity contribution < 1.29 is 29.9 Å². The molecule has 1 aliphatic heterocycles. The number of hydrogen-bond acceptors (Lipinski definition) is 6. The maximum Gasteiger partial charge on any atom is 0.186 e. The van der Waals surface area contributed by atoms with Crippen LogP contribution in [0.2, 0.25) is 0 Å². The molecule has 2 unspecified atom stereocenters. The first-order valence-electron chi connectivity index (χ1n) is 4.54. The van der Waals surface area contributed by atoms with E-state index in [-0.39, 0.29) is 0 Å². The van der Waals surface area contributed by atoms with Crippen molar-refractivity contribution in [3.8, 4) is 0 Å². The summed E-state index contributed by atoms with van der Waals surface area (Å²) < 4.78 is 10.0. The van der Waals surface area contributed by atoms with E-state index >= 15 is 0 Å². The Morgan fingerprint density at radius 2 is 1.79 bits per heavy atom. The third-order valence-electron chi connectivity index (χ3n) is 2.18. The molecule has 4 N–H and O–H groups in total. The highest BCUT2D eigenvalue weighted by molar-refractivity contribution is 4.88. The van der Waals surface area contributed by atoms with Crippen LogP contribution < -0.4 is 0 Å². The van der Waals surface area contributed by atoms with Crippen molar-refractivity contribution in [2.75, 3.05) is 13.2 Å². The number of rotatable bonds is 3. The average Bonchev–Trinajstić information content (AvgIpc) is 2.19. The van der Waals surface area contributed by atoms with Crippen LogP contribution in [0, 0.1) is 0 Å². The second kappa shape index (κ2) is 5.01. The largest absolute Gasteiger partial charge is 0.394 e. The molecule has 1 heterocycles. The molecular formula is C8H16O6. The molecule has 0 bridgehead atoms. The minimum Gasteiger partial charge on any atom is -0.394 e.